The summed E-state index contributed by atoms with van der Waals surface area (Å²) in [7, 11) is 0. The lowest BCUT2D eigenvalue weighted by Crippen LogP contribution is -2.48. The van der Waals surface area contributed by atoms with E-state index < -0.39 is 17.9 Å². The summed E-state index contributed by atoms with van der Waals surface area (Å²) < 4.78 is 0. The van der Waals surface area contributed by atoms with Crippen LogP contribution >= 0.6 is 0 Å². The highest BCUT2D eigenvalue weighted by molar-refractivity contribution is 5.86. The smallest absolute Gasteiger partial charge is 0.235 e. The lowest BCUT2D eigenvalue weighted by Gasteiger charge is -2.26. The van der Waals surface area contributed by atoms with Crippen molar-refractivity contribution in [2.45, 2.75) is 18.9 Å². The molecule has 5 N–H and O–H groups in total. The summed E-state index contributed by atoms with van der Waals surface area (Å²) in [6.07, 6.45) is 0.956. The van der Waals surface area contributed by atoms with Crippen LogP contribution in [0.5, 0.6) is 0 Å². The van der Waals surface area contributed by atoms with Crippen molar-refractivity contribution in [3.8, 4) is 0 Å². The number of nitrogens with two attached hydrogens (primary N) is 2. The van der Waals surface area contributed by atoms with Gasteiger partial charge in [-0.2, -0.15) is 0 Å². The van der Waals surface area contributed by atoms with E-state index in [0.29, 0.717) is 0 Å². The molecule has 6 heteroatoms. The number of primary amides is 2. The summed E-state index contributed by atoms with van der Waals surface area (Å²) in [5, 5.41) is 3.21. The number of nitrogens with zero attached hydrogens (tertiary/aromatic N) is 1. The Morgan fingerprint density at radius 3 is 2.60 bits per heavy atom. The topological polar surface area (TPSA) is 101 Å². The Morgan fingerprint density at radius 2 is 2.00 bits per heavy atom. The predicted molar refractivity (Wildman–Crippen MR) is 55.9 cm³/mol. The maximum absolute atomic E-state index is 11.2. The molecule has 15 heavy (non-hydrogen) atoms. The van der Waals surface area contributed by atoms with E-state index in [4.69, 9.17) is 11.5 Å². The number of hydrogen-bond acceptors (Lipinski definition) is 4. The number of carbonyl (C=O) groups excluding carboxylic acids is 2. The van der Waals surface area contributed by atoms with Crippen molar-refractivity contribution in [1.29, 1.82) is 0 Å². The van der Waals surface area contributed by atoms with Gasteiger partial charge in [0.2, 0.25) is 11.8 Å². The Labute approximate surface area is 89.0 Å². The molecule has 1 aliphatic rings. The predicted octanol–water partition coefficient (Wildman–Crippen LogP) is -1.99. The van der Waals surface area contributed by atoms with Crippen LogP contribution in [0.1, 0.15) is 12.8 Å². The highest BCUT2D eigenvalue weighted by atomic mass is 16.2. The Bertz CT molecular complexity index is 236. The van der Waals surface area contributed by atoms with Crippen molar-refractivity contribution < 1.29 is 9.59 Å². The Balaban J connectivity index is 2.60. The third-order valence-electron chi connectivity index (χ3n) is 2.54. The van der Waals surface area contributed by atoms with Crippen molar-refractivity contribution >= 4 is 11.8 Å². The standard InChI is InChI=1S/C9H18N4O2/c10-8(14)6-7(9(11)15)13-4-1-2-12-3-5-13/h7,12H,1-6H2,(H2,10,14)(H2,11,15). The fourth-order valence-corrected chi connectivity index (χ4v) is 1.78. The minimum absolute atomic E-state index is 0.00926. The normalized spacial score (nSPS) is 20.5. The molecular formula is C9H18N4O2. The molecule has 0 aromatic heterocycles. The first-order chi connectivity index (χ1) is 7.11. The molecule has 0 aliphatic carbocycles. The van der Waals surface area contributed by atoms with Gasteiger partial charge in [0.1, 0.15) is 0 Å². The van der Waals surface area contributed by atoms with Crippen LogP contribution in [0.2, 0.25) is 0 Å². The zero-order valence-corrected chi connectivity index (χ0v) is 8.74. The molecule has 1 unspecified atom stereocenters. The fraction of sp³-hybridized carbons (Fsp3) is 0.778. The Hall–Kier alpha value is -1.14. The van der Waals surface area contributed by atoms with Gasteiger partial charge < -0.3 is 16.8 Å². The van der Waals surface area contributed by atoms with E-state index in [9.17, 15) is 9.59 Å². The van der Waals surface area contributed by atoms with Gasteiger partial charge in [0.25, 0.3) is 0 Å². The first kappa shape index (κ1) is 11.9. The summed E-state index contributed by atoms with van der Waals surface area (Å²) in [6.45, 7) is 3.23. The zero-order valence-electron chi connectivity index (χ0n) is 8.74. The highest BCUT2D eigenvalue weighted by Gasteiger charge is 2.25. The van der Waals surface area contributed by atoms with Gasteiger partial charge in [0, 0.05) is 19.6 Å². The van der Waals surface area contributed by atoms with Gasteiger partial charge in [-0.3, -0.25) is 14.5 Å². The second kappa shape index (κ2) is 5.67. The van der Waals surface area contributed by atoms with Gasteiger partial charge >= 0.3 is 0 Å². The third kappa shape index (κ3) is 3.85. The number of hydrogen-bond donors (Lipinski definition) is 3. The van der Waals surface area contributed by atoms with Gasteiger partial charge in [0.15, 0.2) is 0 Å². The van der Waals surface area contributed by atoms with E-state index >= 15 is 0 Å². The maximum Gasteiger partial charge on any atom is 0.235 e. The monoisotopic (exact) mass is 214 g/mol. The van der Waals surface area contributed by atoms with Crippen LogP contribution in [-0.2, 0) is 9.59 Å². The van der Waals surface area contributed by atoms with Crippen molar-refractivity contribution in [1.82, 2.24) is 10.2 Å². The molecule has 2 amide bonds. The highest BCUT2D eigenvalue weighted by Crippen LogP contribution is 2.06. The van der Waals surface area contributed by atoms with E-state index in [1.807, 2.05) is 4.90 Å². The Kier molecular flexibility index (Phi) is 4.51. The maximum atomic E-state index is 11.2. The lowest BCUT2D eigenvalue weighted by molar-refractivity contribution is -0.128. The molecule has 0 spiro atoms. The fourth-order valence-electron chi connectivity index (χ4n) is 1.78. The Morgan fingerprint density at radius 1 is 1.27 bits per heavy atom. The molecule has 1 atom stereocenters. The summed E-state index contributed by atoms with van der Waals surface area (Å²) in [5.74, 6) is -0.966. The summed E-state index contributed by atoms with van der Waals surface area (Å²) >= 11 is 0. The van der Waals surface area contributed by atoms with Crippen molar-refractivity contribution in [2.24, 2.45) is 11.5 Å². The van der Waals surface area contributed by atoms with Gasteiger partial charge in [0.05, 0.1) is 12.5 Å². The summed E-state index contributed by atoms with van der Waals surface area (Å²) in [5.41, 5.74) is 10.3. The van der Waals surface area contributed by atoms with E-state index in [1.54, 1.807) is 0 Å². The molecule has 1 saturated heterocycles. The van der Waals surface area contributed by atoms with Crippen LogP contribution in [0.4, 0.5) is 0 Å². The summed E-state index contributed by atoms with van der Waals surface area (Å²) in [4.78, 5) is 23.9. The van der Waals surface area contributed by atoms with Crippen molar-refractivity contribution in [2.75, 3.05) is 26.2 Å². The molecule has 1 fully saturated rings. The first-order valence-corrected chi connectivity index (χ1v) is 5.13. The molecule has 0 saturated carbocycles. The minimum Gasteiger partial charge on any atom is -0.370 e. The molecule has 6 nitrogen and oxygen atoms in total. The second-order valence-electron chi connectivity index (χ2n) is 3.73. The SMILES string of the molecule is NC(=O)CC(C(N)=O)N1CCCNCC1. The summed E-state index contributed by atoms with van der Waals surface area (Å²) in [6, 6.07) is -0.553. The number of rotatable bonds is 4. The molecule has 1 heterocycles. The van der Waals surface area contributed by atoms with Gasteiger partial charge in [-0.25, -0.2) is 0 Å². The molecule has 0 radical (unpaired) electrons. The van der Waals surface area contributed by atoms with Crippen LogP contribution in [0.15, 0.2) is 0 Å². The number of amides is 2. The van der Waals surface area contributed by atoms with Crippen LogP contribution in [0, 0.1) is 0 Å². The molecule has 0 aromatic rings. The molecule has 0 bridgehead atoms. The first-order valence-electron chi connectivity index (χ1n) is 5.13. The van der Waals surface area contributed by atoms with Gasteiger partial charge in [-0.1, -0.05) is 0 Å². The van der Waals surface area contributed by atoms with Gasteiger partial charge in [-0.15, -0.1) is 0 Å². The van der Waals surface area contributed by atoms with Crippen molar-refractivity contribution in [3.63, 3.8) is 0 Å². The quantitative estimate of drug-likeness (QED) is 0.504. The molecule has 0 aromatic carbocycles. The number of carbonyl (C=O) groups is 2. The van der Waals surface area contributed by atoms with E-state index in [-0.39, 0.29) is 6.42 Å². The lowest BCUT2D eigenvalue weighted by atomic mass is 10.1. The largest absolute Gasteiger partial charge is 0.370 e. The van der Waals surface area contributed by atoms with E-state index in [2.05, 4.69) is 5.32 Å². The molecular weight excluding hydrogens is 196 g/mol. The zero-order chi connectivity index (χ0) is 11.3. The molecule has 1 aliphatic heterocycles. The van der Waals surface area contributed by atoms with Crippen molar-refractivity contribution in [3.05, 3.63) is 0 Å². The minimum atomic E-state index is -0.553. The number of nitrogens with one attached hydrogen (secondary N) is 1. The van der Waals surface area contributed by atoms with Crippen LogP contribution < -0.4 is 16.8 Å². The van der Waals surface area contributed by atoms with Gasteiger partial charge in [-0.05, 0) is 13.0 Å². The average molecular weight is 214 g/mol. The average Bonchev–Trinajstić information content (AvgIpc) is 2.41. The molecule has 1 rings (SSSR count). The van der Waals surface area contributed by atoms with Crippen LogP contribution in [-0.4, -0.2) is 48.9 Å². The van der Waals surface area contributed by atoms with Crippen LogP contribution in [0.25, 0.3) is 0 Å². The van der Waals surface area contributed by atoms with E-state index in [1.165, 1.54) is 0 Å². The third-order valence-corrected chi connectivity index (χ3v) is 2.54. The second-order valence-corrected chi connectivity index (χ2v) is 3.73. The molecule has 86 valence electrons. The van der Waals surface area contributed by atoms with E-state index in [0.717, 1.165) is 32.6 Å². The van der Waals surface area contributed by atoms with Crippen LogP contribution in [0.3, 0.4) is 0 Å².